The van der Waals surface area contributed by atoms with Crippen LogP contribution in [0.15, 0.2) is 66.0 Å². The number of phenols is 1. The maximum atomic E-state index is 9.62. The number of hydrogen-bond donors (Lipinski definition) is 1. The van der Waals surface area contributed by atoms with Gasteiger partial charge in [-0.2, -0.15) is 0 Å². The number of aromatic hydroxyl groups is 1. The van der Waals surface area contributed by atoms with Crippen LogP contribution >= 0.6 is 22.7 Å². The van der Waals surface area contributed by atoms with Gasteiger partial charge in [0.25, 0.3) is 0 Å². The van der Waals surface area contributed by atoms with Crippen molar-refractivity contribution >= 4 is 33.4 Å². The van der Waals surface area contributed by atoms with Gasteiger partial charge >= 0.3 is 0 Å². The highest BCUT2D eigenvalue weighted by Gasteiger charge is 2.09. The van der Waals surface area contributed by atoms with Crippen LogP contribution in [0.5, 0.6) is 5.75 Å². The van der Waals surface area contributed by atoms with Crippen molar-refractivity contribution in [2.24, 2.45) is 0 Å². The minimum absolute atomic E-state index is 0.310. The topological polar surface area (TPSA) is 20.2 Å². The van der Waals surface area contributed by atoms with E-state index >= 15 is 0 Å². The zero-order chi connectivity index (χ0) is 14.2. The Morgan fingerprint density at radius 2 is 1.67 bits per heavy atom. The van der Waals surface area contributed by atoms with E-state index in [1.807, 2.05) is 35.6 Å². The Morgan fingerprint density at radius 1 is 0.762 bits per heavy atom. The fourth-order valence-electron chi connectivity index (χ4n) is 2.52. The predicted octanol–water partition coefficient (Wildman–Crippen LogP) is 6.00. The molecule has 1 nitrogen and oxygen atoms in total. The second-order valence-corrected chi connectivity index (χ2v) is 6.88. The summed E-state index contributed by atoms with van der Waals surface area (Å²) in [4.78, 5) is 3.87. The van der Waals surface area contributed by atoms with Gasteiger partial charge in [0, 0.05) is 14.6 Å². The highest BCUT2D eigenvalue weighted by molar-refractivity contribution is 7.23. The SMILES string of the molecule is Oc1ccc2c(-c3ccc(-c4cccs4)s3)cccc2c1. The number of hydrogen-bond acceptors (Lipinski definition) is 3. The second kappa shape index (κ2) is 5.02. The van der Waals surface area contributed by atoms with E-state index in [0.717, 1.165) is 5.39 Å². The molecule has 0 aliphatic heterocycles. The predicted molar refractivity (Wildman–Crippen MR) is 92.2 cm³/mol. The number of thiophene rings is 2. The first-order valence-electron chi connectivity index (χ1n) is 6.67. The van der Waals surface area contributed by atoms with Gasteiger partial charge in [0.15, 0.2) is 0 Å². The zero-order valence-electron chi connectivity index (χ0n) is 11.1. The van der Waals surface area contributed by atoms with Gasteiger partial charge in [0.1, 0.15) is 5.75 Å². The molecule has 4 rings (SSSR count). The first-order valence-corrected chi connectivity index (χ1v) is 8.37. The monoisotopic (exact) mass is 308 g/mol. The smallest absolute Gasteiger partial charge is 0.116 e. The summed E-state index contributed by atoms with van der Waals surface area (Å²) in [7, 11) is 0. The molecule has 0 amide bonds. The average Bonchev–Trinajstić information content (AvgIpc) is 3.17. The molecule has 0 radical (unpaired) electrons. The molecule has 21 heavy (non-hydrogen) atoms. The summed E-state index contributed by atoms with van der Waals surface area (Å²) in [6.07, 6.45) is 0. The number of rotatable bonds is 2. The van der Waals surface area contributed by atoms with E-state index in [2.05, 4.69) is 35.7 Å². The molecule has 102 valence electrons. The lowest BCUT2D eigenvalue weighted by molar-refractivity contribution is 0.476. The Labute approximate surface area is 130 Å². The van der Waals surface area contributed by atoms with Crippen molar-refractivity contribution < 1.29 is 5.11 Å². The second-order valence-electron chi connectivity index (χ2n) is 4.85. The molecule has 0 unspecified atom stereocenters. The van der Waals surface area contributed by atoms with Gasteiger partial charge in [0.05, 0.1) is 0 Å². The van der Waals surface area contributed by atoms with E-state index in [0.29, 0.717) is 5.75 Å². The van der Waals surface area contributed by atoms with E-state index in [-0.39, 0.29) is 0 Å². The van der Waals surface area contributed by atoms with Crippen LogP contribution in [0.25, 0.3) is 31.0 Å². The Balaban J connectivity index is 1.87. The summed E-state index contributed by atoms with van der Waals surface area (Å²) >= 11 is 3.58. The lowest BCUT2D eigenvalue weighted by Crippen LogP contribution is -1.77. The zero-order valence-corrected chi connectivity index (χ0v) is 12.7. The van der Waals surface area contributed by atoms with Crippen LogP contribution in [-0.2, 0) is 0 Å². The van der Waals surface area contributed by atoms with Crippen LogP contribution in [0.4, 0.5) is 0 Å². The molecule has 2 aromatic heterocycles. The number of benzene rings is 2. The third kappa shape index (κ3) is 2.24. The van der Waals surface area contributed by atoms with E-state index < -0.39 is 0 Å². The third-order valence-electron chi connectivity index (χ3n) is 3.50. The van der Waals surface area contributed by atoms with Crippen LogP contribution in [0, 0.1) is 0 Å². The van der Waals surface area contributed by atoms with E-state index in [9.17, 15) is 5.11 Å². The largest absolute Gasteiger partial charge is 0.508 e. The summed E-state index contributed by atoms with van der Waals surface area (Å²) < 4.78 is 0. The standard InChI is InChI=1S/C18H12OS2/c19-13-6-7-14-12(11-13)3-1-4-15(14)16-8-9-18(21-16)17-5-2-10-20-17/h1-11,19H. The lowest BCUT2D eigenvalue weighted by atomic mass is 10.0. The van der Waals surface area contributed by atoms with Crippen molar-refractivity contribution in [2.75, 3.05) is 0 Å². The molecule has 0 aliphatic rings. The molecular formula is C18H12OS2. The first-order chi connectivity index (χ1) is 10.3. The van der Waals surface area contributed by atoms with Gasteiger partial charge in [-0.1, -0.05) is 30.3 Å². The van der Waals surface area contributed by atoms with Gasteiger partial charge in [-0.15, -0.1) is 22.7 Å². The van der Waals surface area contributed by atoms with Crippen molar-refractivity contribution in [3.8, 4) is 25.9 Å². The summed E-state index contributed by atoms with van der Waals surface area (Å²) in [5, 5.41) is 14.0. The van der Waals surface area contributed by atoms with Crippen LogP contribution in [0.2, 0.25) is 0 Å². The highest BCUT2D eigenvalue weighted by atomic mass is 32.1. The van der Waals surface area contributed by atoms with Crippen LogP contribution in [0.3, 0.4) is 0 Å². The van der Waals surface area contributed by atoms with Crippen molar-refractivity contribution in [1.82, 2.24) is 0 Å². The molecule has 0 aliphatic carbocycles. The minimum atomic E-state index is 0.310. The summed E-state index contributed by atoms with van der Waals surface area (Å²) in [5.41, 5.74) is 1.22. The van der Waals surface area contributed by atoms with Crippen LogP contribution in [0.1, 0.15) is 0 Å². The molecule has 0 saturated carbocycles. The molecule has 0 fully saturated rings. The molecule has 2 heterocycles. The van der Waals surface area contributed by atoms with E-state index in [4.69, 9.17) is 0 Å². The van der Waals surface area contributed by atoms with Crippen molar-refractivity contribution in [2.45, 2.75) is 0 Å². The molecule has 0 saturated heterocycles. The highest BCUT2D eigenvalue weighted by Crippen LogP contribution is 2.39. The number of phenolic OH excluding ortho intramolecular Hbond substituents is 1. The molecule has 3 heteroatoms. The summed E-state index contributed by atoms with van der Waals surface area (Å²) in [5.74, 6) is 0.310. The van der Waals surface area contributed by atoms with E-state index in [1.54, 1.807) is 17.4 Å². The van der Waals surface area contributed by atoms with E-state index in [1.165, 1.54) is 25.6 Å². The van der Waals surface area contributed by atoms with Gasteiger partial charge in [-0.25, -0.2) is 0 Å². The molecule has 4 aromatic rings. The molecule has 1 N–H and O–H groups in total. The van der Waals surface area contributed by atoms with Crippen LogP contribution in [-0.4, -0.2) is 5.11 Å². The molecule has 0 atom stereocenters. The molecule has 0 bridgehead atoms. The molecular weight excluding hydrogens is 296 g/mol. The maximum Gasteiger partial charge on any atom is 0.116 e. The Morgan fingerprint density at radius 3 is 2.52 bits per heavy atom. The fourth-order valence-corrected chi connectivity index (χ4v) is 4.40. The quantitative estimate of drug-likeness (QED) is 0.481. The Kier molecular flexibility index (Phi) is 3.02. The molecule has 0 spiro atoms. The van der Waals surface area contributed by atoms with Gasteiger partial charge in [0.2, 0.25) is 0 Å². The Hall–Kier alpha value is -2.10. The lowest BCUT2D eigenvalue weighted by Gasteiger charge is -2.05. The third-order valence-corrected chi connectivity index (χ3v) is 5.68. The summed E-state index contributed by atoms with van der Waals surface area (Å²) in [6.45, 7) is 0. The summed E-state index contributed by atoms with van der Waals surface area (Å²) in [6, 6.07) is 20.4. The van der Waals surface area contributed by atoms with Gasteiger partial charge in [-0.05, 0) is 52.0 Å². The minimum Gasteiger partial charge on any atom is -0.508 e. The van der Waals surface area contributed by atoms with Gasteiger partial charge < -0.3 is 5.11 Å². The normalized spacial score (nSPS) is 11.0. The van der Waals surface area contributed by atoms with Crippen molar-refractivity contribution in [3.05, 3.63) is 66.0 Å². The fraction of sp³-hybridized carbons (Fsp3) is 0. The van der Waals surface area contributed by atoms with Gasteiger partial charge in [-0.3, -0.25) is 0 Å². The van der Waals surface area contributed by atoms with Crippen molar-refractivity contribution in [3.63, 3.8) is 0 Å². The average molecular weight is 308 g/mol. The molecule has 2 aromatic carbocycles. The maximum absolute atomic E-state index is 9.62. The van der Waals surface area contributed by atoms with Crippen LogP contribution < -0.4 is 0 Å². The number of fused-ring (bicyclic) bond motifs is 1. The van der Waals surface area contributed by atoms with Crippen molar-refractivity contribution in [1.29, 1.82) is 0 Å². The Bertz CT molecular complexity index is 904. The first kappa shape index (κ1) is 12.6.